The molecule has 1 heterocycles. The number of nitrogens with two attached hydrogens (primary N) is 1. The molecule has 0 aliphatic rings. The molecule has 0 saturated heterocycles. The lowest BCUT2D eigenvalue weighted by Crippen LogP contribution is -2.31. The van der Waals surface area contributed by atoms with Crippen molar-refractivity contribution in [1.29, 1.82) is 0 Å². The average molecular weight is 258 g/mol. The third-order valence-electron chi connectivity index (χ3n) is 2.78. The summed E-state index contributed by atoms with van der Waals surface area (Å²) in [6.07, 6.45) is 2.49. The molecule has 3 N–H and O–H groups in total. The van der Waals surface area contributed by atoms with Crippen molar-refractivity contribution in [2.24, 2.45) is 5.73 Å². The number of benzene rings is 1. The predicted molar refractivity (Wildman–Crippen MR) is 75.2 cm³/mol. The number of nitrogens with one attached hydrogen (secondary N) is 1. The minimum Gasteiger partial charge on any atom is -0.481 e. The topological polar surface area (TPSA) is 73.1 Å². The molecule has 5 heteroatoms. The Balaban J connectivity index is 2.02. The van der Waals surface area contributed by atoms with E-state index in [1.807, 2.05) is 18.2 Å². The summed E-state index contributed by atoms with van der Waals surface area (Å²) >= 11 is 0. The Morgan fingerprint density at radius 2 is 2.05 bits per heavy atom. The quantitative estimate of drug-likeness (QED) is 0.820. The molecule has 100 valence electrons. The second-order valence-corrected chi connectivity index (χ2v) is 4.19. The van der Waals surface area contributed by atoms with Gasteiger partial charge in [0.05, 0.1) is 7.11 Å². The molecule has 2 aromatic rings. The fraction of sp³-hybridized carbons (Fsp3) is 0.286. The van der Waals surface area contributed by atoms with E-state index < -0.39 is 0 Å². The molecule has 1 atom stereocenters. The van der Waals surface area contributed by atoms with E-state index in [1.54, 1.807) is 19.4 Å². The molecule has 0 aliphatic carbocycles. The predicted octanol–water partition coefficient (Wildman–Crippen LogP) is 1.47. The van der Waals surface area contributed by atoms with E-state index in [0.29, 0.717) is 18.4 Å². The van der Waals surface area contributed by atoms with Crippen molar-refractivity contribution in [2.45, 2.75) is 12.5 Å². The summed E-state index contributed by atoms with van der Waals surface area (Å²) in [5.41, 5.74) is 7.02. The van der Waals surface area contributed by atoms with Gasteiger partial charge in [-0.1, -0.05) is 30.3 Å². The van der Waals surface area contributed by atoms with Gasteiger partial charge in [-0.2, -0.15) is 4.98 Å². The average Bonchev–Trinajstić information content (AvgIpc) is 2.48. The number of aromatic nitrogens is 2. The van der Waals surface area contributed by atoms with Crippen LogP contribution >= 0.6 is 0 Å². The maximum absolute atomic E-state index is 5.79. The largest absolute Gasteiger partial charge is 0.481 e. The first-order valence-corrected chi connectivity index (χ1v) is 6.19. The van der Waals surface area contributed by atoms with Crippen LogP contribution in [0.5, 0.6) is 5.88 Å². The number of rotatable bonds is 6. The zero-order chi connectivity index (χ0) is 13.5. The summed E-state index contributed by atoms with van der Waals surface area (Å²) in [7, 11) is 1.58. The van der Waals surface area contributed by atoms with Crippen molar-refractivity contribution in [3.63, 3.8) is 0 Å². The van der Waals surface area contributed by atoms with E-state index in [9.17, 15) is 0 Å². The zero-order valence-electron chi connectivity index (χ0n) is 10.9. The van der Waals surface area contributed by atoms with Crippen molar-refractivity contribution in [1.82, 2.24) is 9.97 Å². The van der Waals surface area contributed by atoms with Crippen LogP contribution in [0.3, 0.4) is 0 Å². The number of nitrogens with zero attached hydrogens (tertiary/aromatic N) is 2. The smallest absolute Gasteiger partial charge is 0.226 e. The summed E-state index contributed by atoms with van der Waals surface area (Å²) in [4.78, 5) is 8.38. The molecule has 1 aromatic heterocycles. The maximum Gasteiger partial charge on any atom is 0.226 e. The van der Waals surface area contributed by atoms with E-state index in [-0.39, 0.29) is 6.04 Å². The Morgan fingerprint density at radius 3 is 2.74 bits per heavy atom. The molecular formula is C14H18N4O. The molecule has 2 rings (SSSR count). The number of hydrogen-bond acceptors (Lipinski definition) is 5. The van der Waals surface area contributed by atoms with Gasteiger partial charge in [-0.15, -0.1) is 0 Å². The van der Waals surface area contributed by atoms with Gasteiger partial charge in [-0.05, 0) is 12.0 Å². The highest BCUT2D eigenvalue weighted by atomic mass is 16.5. The molecule has 0 spiro atoms. The second kappa shape index (κ2) is 6.70. The molecule has 5 nitrogen and oxygen atoms in total. The molecule has 1 unspecified atom stereocenters. The van der Waals surface area contributed by atoms with E-state index in [4.69, 9.17) is 10.5 Å². The molecule has 0 bridgehead atoms. The first-order chi connectivity index (χ1) is 9.31. The van der Waals surface area contributed by atoms with Gasteiger partial charge in [0.25, 0.3) is 0 Å². The molecule has 0 radical (unpaired) electrons. The standard InChI is InChI=1S/C14H18N4O/c1-19-13-7-8-16-14(18-13)17-12(10-15)9-11-5-3-2-4-6-11/h2-8,12H,9-10,15H2,1H3,(H,16,17,18). The van der Waals surface area contributed by atoms with E-state index in [1.165, 1.54) is 5.56 Å². The van der Waals surface area contributed by atoms with Crippen LogP contribution in [0.4, 0.5) is 5.95 Å². The Labute approximate surface area is 112 Å². The minimum atomic E-state index is 0.0921. The van der Waals surface area contributed by atoms with Crippen LogP contribution in [-0.4, -0.2) is 29.7 Å². The van der Waals surface area contributed by atoms with Gasteiger partial charge in [0.2, 0.25) is 11.8 Å². The third kappa shape index (κ3) is 3.93. The Hall–Kier alpha value is -2.14. The first kappa shape index (κ1) is 13.3. The fourth-order valence-electron chi connectivity index (χ4n) is 1.80. The maximum atomic E-state index is 5.79. The molecule has 0 amide bonds. The first-order valence-electron chi connectivity index (χ1n) is 6.19. The number of anilines is 1. The summed E-state index contributed by atoms with van der Waals surface area (Å²) < 4.78 is 5.07. The van der Waals surface area contributed by atoms with Crippen LogP contribution in [0.15, 0.2) is 42.6 Å². The van der Waals surface area contributed by atoms with Gasteiger partial charge in [-0.25, -0.2) is 4.98 Å². The van der Waals surface area contributed by atoms with Gasteiger partial charge >= 0.3 is 0 Å². The van der Waals surface area contributed by atoms with E-state index in [0.717, 1.165) is 6.42 Å². The Bertz CT molecular complexity index is 504. The zero-order valence-corrected chi connectivity index (χ0v) is 10.9. The van der Waals surface area contributed by atoms with Crippen LogP contribution in [0.25, 0.3) is 0 Å². The lowest BCUT2D eigenvalue weighted by atomic mass is 10.1. The van der Waals surface area contributed by atoms with Crippen LogP contribution in [-0.2, 0) is 6.42 Å². The Kier molecular flexibility index (Phi) is 4.69. The fourth-order valence-corrected chi connectivity index (χ4v) is 1.80. The second-order valence-electron chi connectivity index (χ2n) is 4.19. The summed E-state index contributed by atoms with van der Waals surface area (Å²) in [6, 6.07) is 12.0. The van der Waals surface area contributed by atoms with Crippen LogP contribution in [0, 0.1) is 0 Å². The van der Waals surface area contributed by atoms with Gasteiger partial charge in [0.15, 0.2) is 0 Å². The Morgan fingerprint density at radius 1 is 1.26 bits per heavy atom. The third-order valence-corrected chi connectivity index (χ3v) is 2.78. The van der Waals surface area contributed by atoms with E-state index >= 15 is 0 Å². The highest BCUT2D eigenvalue weighted by molar-refractivity contribution is 5.30. The van der Waals surface area contributed by atoms with Crippen LogP contribution < -0.4 is 15.8 Å². The SMILES string of the molecule is COc1ccnc(NC(CN)Cc2ccccc2)n1. The van der Waals surface area contributed by atoms with Crippen molar-refractivity contribution in [3.8, 4) is 5.88 Å². The summed E-state index contributed by atoms with van der Waals surface area (Å²) in [5.74, 6) is 1.07. The highest BCUT2D eigenvalue weighted by Crippen LogP contribution is 2.10. The lowest BCUT2D eigenvalue weighted by Gasteiger charge is -2.17. The molecule has 0 saturated carbocycles. The van der Waals surface area contributed by atoms with Crippen molar-refractivity contribution < 1.29 is 4.74 Å². The lowest BCUT2D eigenvalue weighted by molar-refractivity contribution is 0.397. The normalized spacial score (nSPS) is 11.9. The van der Waals surface area contributed by atoms with Crippen molar-refractivity contribution in [2.75, 3.05) is 19.0 Å². The van der Waals surface area contributed by atoms with Crippen LogP contribution in [0.2, 0.25) is 0 Å². The highest BCUT2D eigenvalue weighted by Gasteiger charge is 2.09. The van der Waals surface area contributed by atoms with Crippen molar-refractivity contribution >= 4 is 5.95 Å². The monoisotopic (exact) mass is 258 g/mol. The molecular weight excluding hydrogens is 240 g/mol. The molecule has 19 heavy (non-hydrogen) atoms. The number of hydrogen-bond donors (Lipinski definition) is 2. The minimum absolute atomic E-state index is 0.0921. The summed E-state index contributed by atoms with van der Waals surface area (Å²) in [6.45, 7) is 0.509. The van der Waals surface area contributed by atoms with Crippen molar-refractivity contribution in [3.05, 3.63) is 48.2 Å². The van der Waals surface area contributed by atoms with Gasteiger partial charge in [-0.3, -0.25) is 0 Å². The van der Waals surface area contributed by atoms with Gasteiger partial charge < -0.3 is 15.8 Å². The molecule has 0 aliphatic heterocycles. The van der Waals surface area contributed by atoms with Gasteiger partial charge in [0, 0.05) is 24.8 Å². The molecule has 0 fully saturated rings. The van der Waals surface area contributed by atoms with Crippen LogP contribution in [0.1, 0.15) is 5.56 Å². The molecule has 1 aromatic carbocycles. The number of methoxy groups -OCH3 is 1. The summed E-state index contributed by atoms with van der Waals surface area (Å²) in [5, 5.41) is 3.22. The number of ether oxygens (including phenoxy) is 1. The van der Waals surface area contributed by atoms with Gasteiger partial charge in [0.1, 0.15) is 0 Å². The van der Waals surface area contributed by atoms with E-state index in [2.05, 4.69) is 27.4 Å².